The van der Waals surface area contributed by atoms with Crippen LogP contribution in [0.5, 0.6) is 0 Å². The van der Waals surface area contributed by atoms with E-state index in [4.69, 9.17) is 23.7 Å². The number of hydrogen-bond donors (Lipinski definition) is 11. The molecule has 0 aliphatic carbocycles. The van der Waals surface area contributed by atoms with Crippen LogP contribution >= 0.6 is 0 Å². The van der Waals surface area contributed by atoms with E-state index in [1.807, 2.05) is 0 Å². The summed E-state index contributed by atoms with van der Waals surface area (Å²) < 4.78 is 26.1. The van der Waals surface area contributed by atoms with E-state index >= 15 is 0 Å². The Bertz CT molecular complexity index is 639. The van der Waals surface area contributed by atoms with Crippen LogP contribution in [0.25, 0.3) is 0 Å². The lowest BCUT2D eigenvalue weighted by Crippen LogP contribution is -2.62. The summed E-state index contributed by atoms with van der Waals surface area (Å²) >= 11 is 0. The maximum Gasteiger partial charge on any atom is 0.186 e. The van der Waals surface area contributed by atoms with Gasteiger partial charge in [0.25, 0.3) is 0 Å². The zero-order chi connectivity index (χ0) is 25.3. The lowest BCUT2D eigenvalue weighted by molar-refractivity contribution is -0.340. The number of aliphatic hydroxyl groups is 11. The van der Waals surface area contributed by atoms with Crippen molar-refractivity contribution in [3.63, 3.8) is 0 Å². The smallest absolute Gasteiger partial charge is 0.186 e. The fourth-order valence-corrected chi connectivity index (χ4v) is 3.84. The maximum absolute atomic E-state index is 10.2. The summed E-state index contributed by atoms with van der Waals surface area (Å²) in [5.41, 5.74) is 0. The summed E-state index contributed by atoms with van der Waals surface area (Å²) in [5, 5.41) is 108. The fourth-order valence-electron chi connectivity index (χ4n) is 3.84. The Balaban J connectivity index is 1.58. The van der Waals surface area contributed by atoms with Gasteiger partial charge in [0.1, 0.15) is 73.2 Å². The minimum absolute atomic E-state index is 0.570. The third kappa shape index (κ3) is 5.68. The van der Waals surface area contributed by atoms with Crippen molar-refractivity contribution in [2.24, 2.45) is 0 Å². The van der Waals surface area contributed by atoms with Gasteiger partial charge in [-0.2, -0.15) is 0 Å². The molecule has 3 heterocycles. The van der Waals surface area contributed by atoms with E-state index in [0.717, 1.165) is 0 Å². The van der Waals surface area contributed by atoms with Crippen LogP contribution in [0.15, 0.2) is 0 Å². The van der Waals surface area contributed by atoms with Gasteiger partial charge in [-0.05, 0) is 0 Å². The first-order valence-electron chi connectivity index (χ1n) is 10.6. The van der Waals surface area contributed by atoms with Crippen LogP contribution in [0.4, 0.5) is 0 Å². The third-order valence-electron chi connectivity index (χ3n) is 6.05. The molecule has 200 valence electrons. The second-order valence-electron chi connectivity index (χ2n) is 8.42. The van der Waals surface area contributed by atoms with Gasteiger partial charge in [-0.25, -0.2) is 0 Å². The molecule has 0 aromatic heterocycles. The van der Waals surface area contributed by atoms with Crippen molar-refractivity contribution in [1.29, 1.82) is 0 Å². The molecular formula is C18H32O16. The Labute approximate surface area is 192 Å². The van der Waals surface area contributed by atoms with Gasteiger partial charge in [0.15, 0.2) is 18.9 Å². The van der Waals surface area contributed by atoms with Crippen molar-refractivity contribution in [2.45, 2.75) is 92.1 Å². The normalized spacial score (nSPS) is 52.5. The standard InChI is InChI=1S/C18H32O16/c19-1-4-7(20)11(24)14(27)17(33-4)31-3-6-9(22)12(25)15(28)18(34-6)30-2-5-8(21)10(23)13(26)16(29)32-5/h4-29H,1-3H2/t4-,5-,6-,7-,8+,9+,10+,11+,12+,13-,14-,15-,16-,17-,18-/m0/s1. The second-order valence-corrected chi connectivity index (χ2v) is 8.42. The van der Waals surface area contributed by atoms with Crippen molar-refractivity contribution in [3.05, 3.63) is 0 Å². The van der Waals surface area contributed by atoms with E-state index in [9.17, 15) is 56.2 Å². The summed E-state index contributed by atoms with van der Waals surface area (Å²) in [4.78, 5) is 0. The van der Waals surface area contributed by atoms with E-state index in [1.165, 1.54) is 0 Å². The van der Waals surface area contributed by atoms with Gasteiger partial charge in [0.2, 0.25) is 0 Å². The topological polar surface area (TPSA) is 269 Å². The molecule has 0 aromatic carbocycles. The molecule has 16 heteroatoms. The highest BCUT2D eigenvalue weighted by molar-refractivity contribution is 4.92. The molecule has 0 radical (unpaired) electrons. The minimum atomic E-state index is -1.82. The highest BCUT2D eigenvalue weighted by atomic mass is 16.7. The molecule has 0 amide bonds. The van der Waals surface area contributed by atoms with Gasteiger partial charge >= 0.3 is 0 Å². The van der Waals surface area contributed by atoms with Gasteiger partial charge in [0, 0.05) is 0 Å². The average Bonchev–Trinajstić information content (AvgIpc) is 2.82. The van der Waals surface area contributed by atoms with Crippen LogP contribution in [0.1, 0.15) is 0 Å². The molecule has 34 heavy (non-hydrogen) atoms. The Kier molecular flexibility index (Phi) is 9.54. The van der Waals surface area contributed by atoms with Crippen molar-refractivity contribution >= 4 is 0 Å². The molecule has 11 N–H and O–H groups in total. The van der Waals surface area contributed by atoms with Crippen molar-refractivity contribution < 1.29 is 79.9 Å². The van der Waals surface area contributed by atoms with E-state index in [1.54, 1.807) is 0 Å². The molecule has 3 aliphatic heterocycles. The van der Waals surface area contributed by atoms with Crippen molar-refractivity contribution in [2.75, 3.05) is 19.8 Å². The molecule has 0 saturated carbocycles. The SMILES string of the molecule is OC[C@@H]1O[C@H](OC[C@@H]2O[C@H](OC[C@@H]3O[C@H](O)[C@@H](O)[C@H](O)[C@@H]3O)[C@@H](O)[C@H](O)[C@@H]2O)[C@@H](O)[C@H](O)[C@H]1O. The van der Waals surface area contributed by atoms with E-state index in [-0.39, 0.29) is 0 Å². The van der Waals surface area contributed by atoms with Crippen LogP contribution in [-0.2, 0) is 23.7 Å². The third-order valence-corrected chi connectivity index (χ3v) is 6.05. The summed E-state index contributed by atoms with van der Waals surface area (Å²) in [5.74, 6) is 0. The number of aliphatic hydroxyl groups excluding tert-OH is 11. The quantitative estimate of drug-likeness (QED) is 0.154. The largest absolute Gasteiger partial charge is 0.394 e. The van der Waals surface area contributed by atoms with Crippen molar-refractivity contribution in [3.8, 4) is 0 Å². The van der Waals surface area contributed by atoms with Crippen LogP contribution in [-0.4, -0.2) is 168 Å². The fraction of sp³-hybridized carbons (Fsp3) is 1.00. The number of ether oxygens (including phenoxy) is 5. The molecule has 3 saturated heterocycles. The molecule has 0 bridgehead atoms. The minimum Gasteiger partial charge on any atom is -0.394 e. The summed E-state index contributed by atoms with van der Waals surface area (Å²) in [7, 11) is 0. The molecule has 0 spiro atoms. The first-order valence-corrected chi connectivity index (χ1v) is 10.6. The van der Waals surface area contributed by atoms with Crippen LogP contribution in [0.2, 0.25) is 0 Å². The zero-order valence-electron chi connectivity index (χ0n) is 17.7. The van der Waals surface area contributed by atoms with Gasteiger partial charge < -0.3 is 79.9 Å². The van der Waals surface area contributed by atoms with Gasteiger partial charge in [0.05, 0.1) is 19.8 Å². The lowest BCUT2D eigenvalue weighted by Gasteiger charge is -2.43. The van der Waals surface area contributed by atoms with Gasteiger partial charge in [-0.1, -0.05) is 0 Å². The molecule has 0 unspecified atom stereocenters. The highest BCUT2D eigenvalue weighted by Crippen LogP contribution is 2.27. The maximum atomic E-state index is 10.2. The molecule has 3 aliphatic rings. The van der Waals surface area contributed by atoms with Gasteiger partial charge in [-0.15, -0.1) is 0 Å². The van der Waals surface area contributed by atoms with E-state index < -0.39 is 112 Å². The first kappa shape index (κ1) is 27.9. The summed E-state index contributed by atoms with van der Waals surface area (Å²) in [6.07, 6.45) is -24.4. The molecule has 3 fully saturated rings. The van der Waals surface area contributed by atoms with Crippen LogP contribution in [0, 0.1) is 0 Å². The Hall–Kier alpha value is -0.640. The molecule has 15 atom stereocenters. The Morgan fingerprint density at radius 2 is 0.824 bits per heavy atom. The second kappa shape index (κ2) is 11.6. The number of rotatable bonds is 7. The van der Waals surface area contributed by atoms with Crippen molar-refractivity contribution in [1.82, 2.24) is 0 Å². The van der Waals surface area contributed by atoms with Gasteiger partial charge in [-0.3, -0.25) is 0 Å². The van der Waals surface area contributed by atoms with Crippen LogP contribution in [0.3, 0.4) is 0 Å². The zero-order valence-corrected chi connectivity index (χ0v) is 17.7. The van der Waals surface area contributed by atoms with E-state index in [0.29, 0.717) is 0 Å². The van der Waals surface area contributed by atoms with Crippen LogP contribution < -0.4 is 0 Å². The molecule has 0 aromatic rings. The Morgan fingerprint density at radius 3 is 1.29 bits per heavy atom. The average molecular weight is 504 g/mol. The molecule has 3 rings (SSSR count). The first-order chi connectivity index (χ1) is 16.0. The predicted molar refractivity (Wildman–Crippen MR) is 101 cm³/mol. The summed E-state index contributed by atoms with van der Waals surface area (Å²) in [6, 6.07) is 0. The summed E-state index contributed by atoms with van der Waals surface area (Å²) in [6.45, 7) is -1.84. The lowest BCUT2D eigenvalue weighted by atomic mass is 9.98. The van der Waals surface area contributed by atoms with E-state index in [2.05, 4.69) is 0 Å². The molecular weight excluding hydrogens is 472 g/mol. The highest BCUT2D eigenvalue weighted by Gasteiger charge is 2.48. The molecule has 16 nitrogen and oxygen atoms in total. The Morgan fingerprint density at radius 1 is 0.441 bits per heavy atom. The predicted octanol–water partition coefficient (Wildman–Crippen LogP) is -7.57. The number of hydrogen-bond acceptors (Lipinski definition) is 16. The monoisotopic (exact) mass is 504 g/mol.